The Kier molecular flexibility index (Phi) is 7.61. The Bertz CT molecular complexity index is 1070. The number of amides is 1. The van der Waals surface area contributed by atoms with Crippen LogP contribution in [0, 0.1) is 0 Å². The minimum absolute atomic E-state index is 0.0878. The minimum atomic E-state index is -3.73. The monoisotopic (exact) mass is 438 g/mol. The van der Waals surface area contributed by atoms with Crippen LogP contribution in [0.15, 0.2) is 84.0 Å². The summed E-state index contributed by atoms with van der Waals surface area (Å²) in [7, 11) is -1.68. The van der Waals surface area contributed by atoms with Crippen LogP contribution in [0.2, 0.25) is 0 Å². The number of para-hydroxylation sites is 1. The van der Waals surface area contributed by atoms with E-state index in [0.717, 1.165) is 19.4 Å². The van der Waals surface area contributed by atoms with Gasteiger partial charge < -0.3 is 10.2 Å². The van der Waals surface area contributed by atoms with Crippen molar-refractivity contribution >= 4 is 27.3 Å². The fourth-order valence-corrected chi connectivity index (χ4v) is 4.07. The third kappa shape index (κ3) is 6.55. The standard InChI is InChI=1S/C23H26N4O3S/c1-27(21-7-3-2-4-8-21)18-6-5-15-25-23(28)19-9-11-22(12-10-19)31(29,30)26-20-13-16-24-17-14-20/h2-4,7-14,16-17H,5-6,15,18H2,1H3,(H,24,26)(H,25,28). The Hall–Kier alpha value is -3.39. The van der Waals surface area contributed by atoms with Crippen molar-refractivity contribution < 1.29 is 13.2 Å². The third-order valence-corrected chi connectivity index (χ3v) is 6.16. The first-order chi connectivity index (χ1) is 15.0. The first kappa shape index (κ1) is 22.3. The second-order valence-electron chi connectivity index (χ2n) is 7.09. The molecular formula is C23H26N4O3S. The van der Waals surface area contributed by atoms with Crippen LogP contribution in [0.3, 0.4) is 0 Å². The van der Waals surface area contributed by atoms with Crippen molar-refractivity contribution in [3.05, 3.63) is 84.7 Å². The zero-order valence-electron chi connectivity index (χ0n) is 17.4. The summed E-state index contributed by atoms with van der Waals surface area (Å²) >= 11 is 0. The molecule has 1 aromatic heterocycles. The Morgan fingerprint density at radius 3 is 2.29 bits per heavy atom. The average Bonchev–Trinajstić information content (AvgIpc) is 2.79. The highest BCUT2D eigenvalue weighted by molar-refractivity contribution is 7.92. The first-order valence-electron chi connectivity index (χ1n) is 10.0. The summed E-state index contributed by atoms with van der Waals surface area (Å²) in [5.41, 5.74) is 2.01. The van der Waals surface area contributed by atoms with Gasteiger partial charge in [0.05, 0.1) is 10.6 Å². The second kappa shape index (κ2) is 10.6. The molecule has 0 aliphatic carbocycles. The van der Waals surface area contributed by atoms with Crippen molar-refractivity contribution in [2.24, 2.45) is 0 Å². The molecule has 7 nitrogen and oxygen atoms in total. The number of aromatic nitrogens is 1. The van der Waals surface area contributed by atoms with Crippen LogP contribution >= 0.6 is 0 Å². The van der Waals surface area contributed by atoms with Crippen molar-refractivity contribution in [1.82, 2.24) is 10.3 Å². The molecule has 0 atom stereocenters. The van der Waals surface area contributed by atoms with Crippen molar-refractivity contribution in [2.45, 2.75) is 17.7 Å². The van der Waals surface area contributed by atoms with Gasteiger partial charge in [0.15, 0.2) is 0 Å². The predicted molar refractivity (Wildman–Crippen MR) is 123 cm³/mol. The maximum atomic E-state index is 12.4. The number of hydrogen-bond donors (Lipinski definition) is 2. The highest BCUT2D eigenvalue weighted by Gasteiger charge is 2.15. The first-order valence-corrected chi connectivity index (χ1v) is 11.5. The number of sulfonamides is 1. The van der Waals surface area contributed by atoms with E-state index in [-0.39, 0.29) is 10.8 Å². The van der Waals surface area contributed by atoms with Gasteiger partial charge >= 0.3 is 0 Å². The lowest BCUT2D eigenvalue weighted by atomic mass is 10.2. The summed E-state index contributed by atoms with van der Waals surface area (Å²) in [6.45, 7) is 1.46. The molecule has 0 aliphatic heterocycles. The van der Waals surface area contributed by atoms with E-state index in [2.05, 4.69) is 32.1 Å². The van der Waals surface area contributed by atoms with E-state index in [4.69, 9.17) is 0 Å². The molecular weight excluding hydrogens is 412 g/mol. The van der Waals surface area contributed by atoms with Crippen LogP contribution in [0.5, 0.6) is 0 Å². The maximum Gasteiger partial charge on any atom is 0.261 e. The molecule has 3 aromatic rings. The molecule has 0 aliphatic rings. The number of carbonyl (C=O) groups is 1. The molecule has 0 bridgehead atoms. The van der Waals surface area contributed by atoms with Crippen LogP contribution in [0.4, 0.5) is 11.4 Å². The zero-order valence-corrected chi connectivity index (χ0v) is 18.2. The predicted octanol–water partition coefficient (Wildman–Crippen LogP) is 3.53. The SMILES string of the molecule is CN(CCCCNC(=O)c1ccc(S(=O)(=O)Nc2ccncc2)cc1)c1ccccc1. The van der Waals surface area contributed by atoms with Gasteiger partial charge in [0.1, 0.15) is 0 Å². The summed E-state index contributed by atoms with van der Waals surface area (Å²) in [6, 6.07) is 19.2. The van der Waals surface area contributed by atoms with Crippen LogP contribution in [-0.4, -0.2) is 39.4 Å². The van der Waals surface area contributed by atoms with E-state index in [1.165, 1.54) is 42.3 Å². The number of carbonyl (C=O) groups excluding carboxylic acids is 1. The largest absolute Gasteiger partial charge is 0.375 e. The van der Waals surface area contributed by atoms with E-state index in [1.54, 1.807) is 12.1 Å². The van der Waals surface area contributed by atoms with Gasteiger partial charge in [-0.05, 0) is 61.4 Å². The highest BCUT2D eigenvalue weighted by atomic mass is 32.2. The number of nitrogens with one attached hydrogen (secondary N) is 2. The minimum Gasteiger partial charge on any atom is -0.375 e. The fraction of sp³-hybridized carbons (Fsp3) is 0.217. The van der Waals surface area contributed by atoms with E-state index < -0.39 is 10.0 Å². The van der Waals surface area contributed by atoms with Crippen molar-refractivity contribution in [2.75, 3.05) is 29.8 Å². The molecule has 3 rings (SSSR count). The van der Waals surface area contributed by atoms with Gasteiger partial charge in [-0.25, -0.2) is 8.42 Å². The lowest BCUT2D eigenvalue weighted by molar-refractivity contribution is 0.0953. The zero-order chi connectivity index (χ0) is 22.1. The maximum absolute atomic E-state index is 12.4. The molecule has 162 valence electrons. The van der Waals surface area contributed by atoms with Gasteiger partial charge in [0, 0.05) is 43.8 Å². The van der Waals surface area contributed by atoms with E-state index in [1.807, 2.05) is 25.2 Å². The fourth-order valence-electron chi connectivity index (χ4n) is 3.01. The molecule has 0 saturated heterocycles. The molecule has 8 heteroatoms. The normalized spacial score (nSPS) is 11.0. The van der Waals surface area contributed by atoms with Gasteiger partial charge in [-0.15, -0.1) is 0 Å². The van der Waals surface area contributed by atoms with Crippen LogP contribution in [-0.2, 0) is 10.0 Å². The van der Waals surface area contributed by atoms with Crippen LogP contribution < -0.4 is 14.9 Å². The average molecular weight is 439 g/mol. The van der Waals surface area contributed by atoms with Gasteiger partial charge in [-0.3, -0.25) is 14.5 Å². The van der Waals surface area contributed by atoms with Crippen LogP contribution in [0.25, 0.3) is 0 Å². The summed E-state index contributed by atoms with van der Waals surface area (Å²) in [4.78, 5) is 18.4. The quantitative estimate of drug-likeness (QED) is 0.473. The Morgan fingerprint density at radius 1 is 0.935 bits per heavy atom. The lowest BCUT2D eigenvalue weighted by Crippen LogP contribution is -2.26. The van der Waals surface area contributed by atoms with Gasteiger partial charge in [0.25, 0.3) is 15.9 Å². The molecule has 0 spiro atoms. The number of benzene rings is 2. The third-order valence-electron chi connectivity index (χ3n) is 4.76. The number of rotatable bonds is 10. The van der Waals surface area contributed by atoms with E-state index in [9.17, 15) is 13.2 Å². The summed E-state index contributed by atoms with van der Waals surface area (Å²) in [6.07, 6.45) is 4.81. The Labute approximate surface area is 183 Å². The molecule has 1 amide bonds. The lowest BCUT2D eigenvalue weighted by Gasteiger charge is -2.19. The van der Waals surface area contributed by atoms with Crippen LogP contribution in [0.1, 0.15) is 23.2 Å². The molecule has 1 heterocycles. The van der Waals surface area contributed by atoms with Crippen molar-refractivity contribution in [3.8, 4) is 0 Å². The Morgan fingerprint density at radius 2 is 1.61 bits per heavy atom. The van der Waals surface area contributed by atoms with Crippen molar-refractivity contribution in [1.29, 1.82) is 0 Å². The smallest absolute Gasteiger partial charge is 0.261 e. The molecule has 0 saturated carbocycles. The van der Waals surface area contributed by atoms with Crippen molar-refractivity contribution in [3.63, 3.8) is 0 Å². The molecule has 0 radical (unpaired) electrons. The molecule has 2 aromatic carbocycles. The summed E-state index contributed by atoms with van der Waals surface area (Å²) in [5, 5.41) is 2.88. The number of pyridine rings is 1. The highest BCUT2D eigenvalue weighted by Crippen LogP contribution is 2.16. The number of anilines is 2. The number of nitrogens with zero attached hydrogens (tertiary/aromatic N) is 2. The molecule has 0 fully saturated rings. The molecule has 31 heavy (non-hydrogen) atoms. The molecule has 2 N–H and O–H groups in total. The van der Waals surface area contributed by atoms with E-state index >= 15 is 0 Å². The number of unbranched alkanes of at least 4 members (excludes halogenated alkanes) is 1. The Balaban J connectivity index is 1.44. The second-order valence-corrected chi connectivity index (χ2v) is 8.77. The van der Waals surface area contributed by atoms with Gasteiger partial charge in [-0.1, -0.05) is 18.2 Å². The van der Waals surface area contributed by atoms with Gasteiger partial charge in [-0.2, -0.15) is 0 Å². The van der Waals surface area contributed by atoms with E-state index in [0.29, 0.717) is 17.8 Å². The molecule has 0 unspecified atom stereocenters. The number of hydrogen-bond acceptors (Lipinski definition) is 5. The van der Waals surface area contributed by atoms with Gasteiger partial charge in [0.2, 0.25) is 0 Å². The topological polar surface area (TPSA) is 91.4 Å². The summed E-state index contributed by atoms with van der Waals surface area (Å²) in [5.74, 6) is -0.220. The summed E-state index contributed by atoms with van der Waals surface area (Å²) < 4.78 is 27.4.